The van der Waals surface area contributed by atoms with Crippen molar-refractivity contribution in [3.05, 3.63) is 52.1 Å². The van der Waals surface area contributed by atoms with Crippen LogP contribution in [0, 0.1) is 13.8 Å². The normalized spacial score (nSPS) is 16.6. The summed E-state index contributed by atoms with van der Waals surface area (Å²) < 4.78 is 8.34. The lowest BCUT2D eigenvalue weighted by molar-refractivity contribution is -0.122. The van der Waals surface area contributed by atoms with Crippen molar-refractivity contribution in [2.24, 2.45) is 0 Å². The highest BCUT2D eigenvalue weighted by Gasteiger charge is 2.19. The van der Waals surface area contributed by atoms with Crippen LogP contribution in [0.5, 0.6) is 0 Å². The molecule has 3 heterocycles. The van der Waals surface area contributed by atoms with Gasteiger partial charge in [0, 0.05) is 18.5 Å². The molecule has 0 bridgehead atoms. The summed E-state index contributed by atoms with van der Waals surface area (Å²) in [6.07, 6.45) is 3.66. The highest BCUT2D eigenvalue weighted by Crippen LogP contribution is 2.19. The highest BCUT2D eigenvalue weighted by molar-refractivity contribution is 5.82. The number of nitrogens with one attached hydrogen (secondary N) is 1. The number of aryl methyl sites for hydroxylation is 2. The van der Waals surface area contributed by atoms with E-state index in [4.69, 9.17) is 4.74 Å². The number of rotatable bonds is 5. The molecular weight excluding hydrogens is 358 g/mol. The Morgan fingerprint density at radius 3 is 2.89 bits per heavy atom. The van der Waals surface area contributed by atoms with Crippen LogP contribution in [0.25, 0.3) is 16.6 Å². The monoisotopic (exact) mass is 381 g/mol. The Labute approximate surface area is 162 Å². The van der Waals surface area contributed by atoms with Crippen molar-refractivity contribution < 1.29 is 9.53 Å². The second-order valence-electron chi connectivity index (χ2n) is 7.09. The molecule has 1 saturated heterocycles. The van der Waals surface area contributed by atoms with E-state index in [0.717, 1.165) is 30.7 Å². The van der Waals surface area contributed by atoms with E-state index in [1.165, 1.54) is 4.68 Å². The zero-order valence-corrected chi connectivity index (χ0v) is 16.0. The van der Waals surface area contributed by atoms with Gasteiger partial charge in [0.05, 0.1) is 23.7 Å². The molecule has 0 saturated carbocycles. The third kappa shape index (κ3) is 3.43. The van der Waals surface area contributed by atoms with E-state index in [-0.39, 0.29) is 24.1 Å². The largest absolute Gasteiger partial charge is 0.376 e. The van der Waals surface area contributed by atoms with Gasteiger partial charge < -0.3 is 10.1 Å². The van der Waals surface area contributed by atoms with Gasteiger partial charge in [-0.25, -0.2) is 9.36 Å². The number of carbonyl (C=O) groups excluding carboxylic acids is 1. The van der Waals surface area contributed by atoms with E-state index < -0.39 is 0 Å². The fourth-order valence-electron chi connectivity index (χ4n) is 3.54. The van der Waals surface area contributed by atoms with Crippen LogP contribution in [0.3, 0.4) is 0 Å². The number of hydrogen-bond acceptors (Lipinski definition) is 5. The second kappa shape index (κ2) is 7.55. The van der Waals surface area contributed by atoms with Crippen LogP contribution < -0.4 is 10.9 Å². The van der Waals surface area contributed by atoms with Gasteiger partial charge >= 0.3 is 0 Å². The molecule has 8 nitrogen and oxygen atoms in total. The molecule has 146 valence electrons. The zero-order valence-electron chi connectivity index (χ0n) is 16.0. The van der Waals surface area contributed by atoms with E-state index in [1.807, 2.05) is 38.1 Å². The molecule has 8 heteroatoms. The minimum absolute atomic E-state index is 0.0559. The third-order valence-electron chi connectivity index (χ3n) is 5.05. The lowest BCUT2D eigenvalue weighted by Crippen LogP contribution is -2.37. The summed E-state index contributed by atoms with van der Waals surface area (Å²) in [5.74, 6) is -0.259. The number of ether oxygens (including phenoxy) is 1. The Kier molecular flexibility index (Phi) is 4.95. The summed E-state index contributed by atoms with van der Waals surface area (Å²) in [5.41, 5.74) is 2.57. The first-order valence-electron chi connectivity index (χ1n) is 9.44. The average Bonchev–Trinajstić information content (AvgIpc) is 3.35. The minimum Gasteiger partial charge on any atom is -0.376 e. The van der Waals surface area contributed by atoms with Crippen molar-refractivity contribution in [3.63, 3.8) is 0 Å². The molecule has 3 aromatic rings. The van der Waals surface area contributed by atoms with Crippen molar-refractivity contribution in [2.45, 2.75) is 39.3 Å². The number of nitrogens with zero attached hydrogens (tertiary/aromatic N) is 4. The lowest BCUT2D eigenvalue weighted by Gasteiger charge is -2.12. The van der Waals surface area contributed by atoms with Crippen LogP contribution >= 0.6 is 0 Å². The van der Waals surface area contributed by atoms with Crippen LogP contribution in [0.4, 0.5) is 0 Å². The Balaban J connectivity index is 1.65. The number of hydrogen-bond donors (Lipinski definition) is 1. The smallest absolute Gasteiger partial charge is 0.293 e. The molecule has 0 radical (unpaired) electrons. The maximum Gasteiger partial charge on any atom is 0.293 e. The van der Waals surface area contributed by atoms with Gasteiger partial charge in [-0.15, -0.1) is 0 Å². The summed E-state index contributed by atoms with van der Waals surface area (Å²) in [6.45, 7) is 4.83. The summed E-state index contributed by atoms with van der Waals surface area (Å²) in [6, 6.07) is 7.72. The Bertz CT molecular complexity index is 1080. The molecule has 1 aromatic carbocycles. The van der Waals surface area contributed by atoms with E-state index in [1.54, 1.807) is 10.9 Å². The van der Waals surface area contributed by atoms with Gasteiger partial charge in [0.25, 0.3) is 5.56 Å². The van der Waals surface area contributed by atoms with Crippen LogP contribution in [-0.4, -0.2) is 44.7 Å². The number of aromatic nitrogens is 4. The number of amides is 1. The number of para-hydroxylation sites is 1. The van der Waals surface area contributed by atoms with Gasteiger partial charge in [0.1, 0.15) is 12.1 Å². The molecule has 4 rings (SSSR count). The minimum atomic E-state index is -0.339. The average molecular weight is 381 g/mol. The molecule has 1 atom stereocenters. The number of fused-ring (bicyclic) bond motifs is 1. The van der Waals surface area contributed by atoms with Crippen molar-refractivity contribution in [3.8, 4) is 5.69 Å². The van der Waals surface area contributed by atoms with Gasteiger partial charge in [-0.05, 0) is 38.3 Å². The first-order chi connectivity index (χ1) is 13.5. The first-order valence-corrected chi connectivity index (χ1v) is 9.44. The molecule has 1 N–H and O–H groups in total. The topological polar surface area (TPSA) is 91.0 Å². The maximum absolute atomic E-state index is 13.1. The Morgan fingerprint density at radius 2 is 2.14 bits per heavy atom. The van der Waals surface area contributed by atoms with Crippen LogP contribution in [-0.2, 0) is 16.1 Å². The first kappa shape index (κ1) is 18.4. The lowest BCUT2D eigenvalue weighted by atomic mass is 10.2. The maximum atomic E-state index is 13.1. The fourth-order valence-corrected chi connectivity index (χ4v) is 3.54. The summed E-state index contributed by atoms with van der Waals surface area (Å²) in [7, 11) is 0. The van der Waals surface area contributed by atoms with E-state index >= 15 is 0 Å². The number of benzene rings is 1. The fraction of sp³-hybridized carbons (Fsp3) is 0.400. The van der Waals surface area contributed by atoms with Crippen molar-refractivity contribution >= 4 is 16.8 Å². The molecule has 1 unspecified atom stereocenters. The van der Waals surface area contributed by atoms with Gasteiger partial charge in [0.2, 0.25) is 5.91 Å². The van der Waals surface area contributed by atoms with E-state index in [9.17, 15) is 9.59 Å². The van der Waals surface area contributed by atoms with E-state index in [2.05, 4.69) is 15.5 Å². The molecule has 0 spiro atoms. The Hall–Kier alpha value is -3.00. The Morgan fingerprint density at radius 1 is 1.32 bits per heavy atom. The summed E-state index contributed by atoms with van der Waals surface area (Å²) in [5, 5.41) is 12.2. The van der Waals surface area contributed by atoms with Crippen LogP contribution in [0.15, 0.2) is 35.3 Å². The van der Waals surface area contributed by atoms with Gasteiger partial charge in [0.15, 0.2) is 0 Å². The third-order valence-corrected chi connectivity index (χ3v) is 5.05. The molecule has 1 aliphatic heterocycles. The van der Waals surface area contributed by atoms with Crippen molar-refractivity contribution in [1.29, 1.82) is 0 Å². The molecule has 0 aliphatic carbocycles. The molecule has 1 aliphatic rings. The molecule has 2 aromatic heterocycles. The second-order valence-corrected chi connectivity index (χ2v) is 7.09. The molecular formula is C20H23N5O3. The quantitative estimate of drug-likeness (QED) is 0.723. The molecule has 1 amide bonds. The predicted molar refractivity (Wildman–Crippen MR) is 105 cm³/mol. The van der Waals surface area contributed by atoms with Gasteiger partial charge in [-0.2, -0.15) is 10.2 Å². The number of carbonyl (C=O) groups is 1. The SMILES string of the molecule is Cc1ccccc1-n1ncc2c(C)nn(CC(=O)NCC3CCCO3)c(=O)c21. The van der Waals surface area contributed by atoms with Gasteiger partial charge in [-0.3, -0.25) is 9.59 Å². The highest BCUT2D eigenvalue weighted by atomic mass is 16.5. The summed E-state index contributed by atoms with van der Waals surface area (Å²) in [4.78, 5) is 25.4. The van der Waals surface area contributed by atoms with Crippen LogP contribution in [0.1, 0.15) is 24.1 Å². The zero-order chi connectivity index (χ0) is 19.7. The predicted octanol–water partition coefficient (Wildman–Crippen LogP) is 1.49. The molecule has 1 fully saturated rings. The van der Waals surface area contributed by atoms with Crippen molar-refractivity contribution in [1.82, 2.24) is 24.9 Å². The van der Waals surface area contributed by atoms with Crippen molar-refractivity contribution in [2.75, 3.05) is 13.2 Å². The standard InChI is InChI=1S/C20H23N5O3/c1-13-6-3-4-8-17(13)25-19-16(11-22-25)14(2)23-24(20(19)27)12-18(26)21-10-15-7-5-9-28-15/h3-4,6,8,11,15H,5,7,9-10,12H2,1-2H3,(H,21,26). The van der Waals surface area contributed by atoms with Gasteiger partial charge in [-0.1, -0.05) is 18.2 Å². The summed E-state index contributed by atoms with van der Waals surface area (Å²) >= 11 is 0. The van der Waals surface area contributed by atoms with Crippen LogP contribution in [0.2, 0.25) is 0 Å². The molecule has 28 heavy (non-hydrogen) atoms. The van der Waals surface area contributed by atoms with E-state index in [0.29, 0.717) is 23.1 Å².